The maximum absolute atomic E-state index is 6.06. The van der Waals surface area contributed by atoms with E-state index in [2.05, 4.69) is 17.0 Å². The van der Waals surface area contributed by atoms with Gasteiger partial charge in [0.2, 0.25) is 5.95 Å². The third-order valence-corrected chi connectivity index (χ3v) is 3.38. The van der Waals surface area contributed by atoms with E-state index in [1.54, 1.807) is 13.3 Å². The summed E-state index contributed by atoms with van der Waals surface area (Å²) in [6, 6.07) is 7.86. The summed E-state index contributed by atoms with van der Waals surface area (Å²) in [6.45, 7) is 2.85. The van der Waals surface area contributed by atoms with Crippen molar-refractivity contribution < 1.29 is 4.74 Å². The standard InChI is InChI=1S/C14H17N5O/c1-10(9-18-7-3-6-16-18)19-13-5-4-11(20-2)8-12(13)17-14(19)15/h3-8,10H,9H2,1-2H3,(H2,15,17). The zero-order chi connectivity index (χ0) is 14.1. The molecule has 2 N–H and O–H groups in total. The van der Waals surface area contributed by atoms with Crippen molar-refractivity contribution in [3.05, 3.63) is 36.7 Å². The van der Waals surface area contributed by atoms with Gasteiger partial charge >= 0.3 is 0 Å². The molecule has 0 amide bonds. The Kier molecular flexibility index (Phi) is 3.06. The molecule has 0 aliphatic heterocycles. The summed E-state index contributed by atoms with van der Waals surface area (Å²) in [5, 5.41) is 4.23. The van der Waals surface area contributed by atoms with Crippen LogP contribution in [0.25, 0.3) is 11.0 Å². The maximum atomic E-state index is 6.06. The maximum Gasteiger partial charge on any atom is 0.201 e. The summed E-state index contributed by atoms with van der Waals surface area (Å²) in [7, 11) is 1.64. The molecule has 0 spiro atoms. The molecule has 0 saturated heterocycles. The molecule has 2 heterocycles. The van der Waals surface area contributed by atoms with Crippen LogP contribution in [-0.4, -0.2) is 26.4 Å². The fraction of sp³-hybridized carbons (Fsp3) is 0.286. The number of hydrogen-bond acceptors (Lipinski definition) is 4. The molecule has 1 unspecified atom stereocenters. The van der Waals surface area contributed by atoms with E-state index in [-0.39, 0.29) is 6.04 Å². The van der Waals surface area contributed by atoms with Crippen molar-refractivity contribution in [1.82, 2.24) is 19.3 Å². The molecule has 104 valence electrons. The second kappa shape index (κ2) is 4.88. The van der Waals surface area contributed by atoms with Gasteiger partial charge in [0.1, 0.15) is 5.75 Å². The number of imidazole rings is 1. The molecule has 0 fully saturated rings. The van der Waals surface area contributed by atoms with Gasteiger partial charge in [0.25, 0.3) is 0 Å². The first-order valence-electron chi connectivity index (χ1n) is 6.48. The number of rotatable bonds is 4. The molecule has 0 bridgehead atoms. The van der Waals surface area contributed by atoms with Gasteiger partial charge in [0, 0.05) is 18.5 Å². The Morgan fingerprint density at radius 2 is 2.25 bits per heavy atom. The molecule has 6 nitrogen and oxygen atoms in total. The molecule has 0 aliphatic carbocycles. The first-order chi connectivity index (χ1) is 9.69. The van der Waals surface area contributed by atoms with Crippen molar-refractivity contribution in [2.45, 2.75) is 19.5 Å². The van der Waals surface area contributed by atoms with Crippen molar-refractivity contribution in [2.75, 3.05) is 12.8 Å². The van der Waals surface area contributed by atoms with E-state index in [0.29, 0.717) is 5.95 Å². The van der Waals surface area contributed by atoms with Gasteiger partial charge in [-0.05, 0) is 25.1 Å². The minimum atomic E-state index is 0.160. The number of benzene rings is 1. The van der Waals surface area contributed by atoms with Crippen LogP contribution in [0.15, 0.2) is 36.7 Å². The summed E-state index contributed by atoms with van der Waals surface area (Å²) in [5.41, 5.74) is 7.90. The number of hydrogen-bond donors (Lipinski definition) is 1. The SMILES string of the molecule is COc1ccc2c(c1)nc(N)n2C(C)Cn1cccn1. The van der Waals surface area contributed by atoms with Gasteiger partial charge in [0.15, 0.2) is 0 Å². The lowest BCUT2D eigenvalue weighted by molar-refractivity contribution is 0.415. The number of aromatic nitrogens is 4. The van der Waals surface area contributed by atoms with Crippen LogP contribution < -0.4 is 10.5 Å². The number of fused-ring (bicyclic) bond motifs is 1. The number of ether oxygens (including phenoxy) is 1. The molecule has 1 atom stereocenters. The van der Waals surface area contributed by atoms with Gasteiger partial charge in [0.05, 0.1) is 30.7 Å². The number of nitrogen functional groups attached to an aromatic ring is 1. The highest BCUT2D eigenvalue weighted by molar-refractivity contribution is 5.80. The lowest BCUT2D eigenvalue weighted by atomic mass is 10.2. The van der Waals surface area contributed by atoms with Crippen molar-refractivity contribution in [3.8, 4) is 5.75 Å². The van der Waals surface area contributed by atoms with Gasteiger partial charge in [-0.3, -0.25) is 4.68 Å². The smallest absolute Gasteiger partial charge is 0.201 e. The number of methoxy groups -OCH3 is 1. The second-order valence-corrected chi connectivity index (χ2v) is 4.77. The van der Waals surface area contributed by atoms with Crippen LogP contribution >= 0.6 is 0 Å². The molecule has 20 heavy (non-hydrogen) atoms. The second-order valence-electron chi connectivity index (χ2n) is 4.77. The Labute approximate surface area is 116 Å². The molecule has 1 aromatic carbocycles. The summed E-state index contributed by atoms with van der Waals surface area (Å²) in [6.07, 6.45) is 3.71. The van der Waals surface area contributed by atoms with Crippen LogP contribution in [0.3, 0.4) is 0 Å². The first-order valence-corrected chi connectivity index (χ1v) is 6.48. The largest absolute Gasteiger partial charge is 0.497 e. The fourth-order valence-corrected chi connectivity index (χ4v) is 2.45. The van der Waals surface area contributed by atoms with Crippen molar-refractivity contribution in [1.29, 1.82) is 0 Å². The summed E-state index contributed by atoms with van der Waals surface area (Å²) < 4.78 is 9.13. The highest BCUT2D eigenvalue weighted by Gasteiger charge is 2.15. The lowest BCUT2D eigenvalue weighted by Gasteiger charge is -2.16. The average molecular weight is 271 g/mol. The molecule has 2 aromatic heterocycles. The van der Waals surface area contributed by atoms with Crippen LogP contribution in [0, 0.1) is 0 Å². The van der Waals surface area contributed by atoms with Gasteiger partial charge < -0.3 is 15.0 Å². The number of nitrogens with zero attached hydrogens (tertiary/aromatic N) is 4. The van der Waals surface area contributed by atoms with E-state index in [9.17, 15) is 0 Å². The Morgan fingerprint density at radius 3 is 2.95 bits per heavy atom. The highest BCUT2D eigenvalue weighted by Crippen LogP contribution is 2.26. The van der Waals surface area contributed by atoms with E-state index in [4.69, 9.17) is 10.5 Å². The monoisotopic (exact) mass is 271 g/mol. The third kappa shape index (κ3) is 2.09. The molecule has 3 rings (SSSR count). The Hall–Kier alpha value is -2.50. The topological polar surface area (TPSA) is 70.9 Å². The number of anilines is 1. The van der Waals surface area contributed by atoms with Crippen LogP contribution in [0.4, 0.5) is 5.95 Å². The lowest BCUT2D eigenvalue weighted by Crippen LogP contribution is -2.15. The third-order valence-electron chi connectivity index (χ3n) is 3.38. The Morgan fingerprint density at radius 1 is 1.40 bits per heavy atom. The van der Waals surface area contributed by atoms with E-state index in [1.807, 2.05) is 39.7 Å². The quantitative estimate of drug-likeness (QED) is 0.788. The normalized spacial score (nSPS) is 12.7. The highest BCUT2D eigenvalue weighted by atomic mass is 16.5. The summed E-state index contributed by atoms with van der Waals surface area (Å²) in [4.78, 5) is 4.40. The van der Waals surface area contributed by atoms with Crippen LogP contribution in [0.2, 0.25) is 0 Å². The molecule has 0 saturated carbocycles. The van der Waals surface area contributed by atoms with Gasteiger partial charge in [-0.25, -0.2) is 4.98 Å². The van der Waals surface area contributed by atoms with E-state index in [0.717, 1.165) is 23.3 Å². The summed E-state index contributed by atoms with van der Waals surface area (Å²) >= 11 is 0. The van der Waals surface area contributed by atoms with Gasteiger partial charge in [-0.15, -0.1) is 0 Å². The molecule has 3 aromatic rings. The molecule has 0 aliphatic rings. The van der Waals surface area contributed by atoms with E-state index < -0.39 is 0 Å². The van der Waals surface area contributed by atoms with Crippen LogP contribution in [0.1, 0.15) is 13.0 Å². The van der Waals surface area contributed by atoms with E-state index in [1.165, 1.54) is 0 Å². The van der Waals surface area contributed by atoms with Crippen LogP contribution in [-0.2, 0) is 6.54 Å². The Balaban J connectivity index is 2.00. The fourth-order valence-electron chi connectivity index (χ4n) is 2.45. The van der Waals surface area contributed by atoms with Crippen molar-refractivity contribution >= 4 is 17.0 Å². The zero-order valence-corrected chi connectivity index (χ0v) is 11.5. The predicted molar refractivity (Wildman–Crippen MR) is 77.6 cm³/mol. The van der Waals surface area contributed by atoms with Gasteiger partial charge in [-0.1, -0.05) is 0 Å². The molecule has 0 radical (unpaired) electrons. The average Bonchev–Trinajstić information content (AvgIpc) is 3.03. The minimum Gasteiger partial charge on any atom is -0.497 e. The van der Waals surface area contributed by atoms with E-state index >= 15 is 0 Å². The first kappa shape index (κ1) is 12.5. The zero-order valence-electron chi connectivity index (χ0n) is 11.5. The Bertz CT molecular complexity index is 717. The van der Waals surface area contributed by atoms with Crippen LogP contribution in [0.5, 0.6) is 5.75 Å². The molecule has 6 heteroatoms. The molecular formula is C14H17N5O. The minimum absolute atomic E-state index is 0.160. The van der Waals surface area contributed by atoms with Crippen molar-refractivity contribution in [2.24, 2.45) is 0 Å². The predicted octanol–water partition coefficient (Wildman–Crippen LogP) is 2.08. The summed E-state index contributed by atoms with van der Waals surface area (Å²) in [5.74, 6) is 1.29. The van der Waals surface area contributed by atoms with Gasteiger partial charge in [-0.2, -0.15) is 5.10 Å². The molecular weight excluding hydrogens is 254 g/mol. The number of nitrogens with two attached hydrogens (primary N) is 1. The van der Waals surface area contributed by atoms with Crippen molar-refractivity contribution in [3.63, 3.8) is 0 Å².